The van der Waals surface area contributed by atoms with Crippen molar-refractivity contribution in [3.05, 3.63) is 83.4 Å². The van der Waals surface area contributed by atoms with Gasteiger partial charge in [0, 0.05) is 18.0 Å². The van der Waals surface area contributed by atoms with Gasteiger partial charge >= 0.3 is 6.09 Å². The Hall–Kier alpha value is -3.67. The third-order valence-electron chi connectivity index (χ3n) is 9.19. The monoisotopic (exact) mass is 526 g/mol. The standard InChI is InChI=1S/C33H38N2O4/c1-37-30-15-7-6-14-27(30)34-28-19-24-20-29-25-13-8-9-16-33(25,26(24)21-31(28)38-2)17-10-18-35(29)32(36)39-22-23-11-4-3-5-12-23/h3-7,11-12,14-15,19,21,25,29,34H,8-10,13,16-18,20,22H2,1-2H3/t25?,29-,33-/m0/s1. The lowest BCUT2D eigenvalue weighted by atomic mass is 9.54. The lowest BCUT2D eigenvalue weighted by molar-refractivity contribution is 0.0442. The lowest BCUT2D eigenvalue weighted by Gasteiger charge is -2.52. The number of hydrogen-bond donors (Lipinski definition) is 1. The minimum atomic E-state index is -0.186. The number of hydrogen-bond acceptors (Lipinski definition) is 5. The molecule has 3 aromatic carbocycles. The number of amides is 1. The molecule has 1 unspecified atom stereocenters. The second kappa shape index (κ2) is 10.8. The van der Waals surface area contributed by atoms with E-state index in [9.17, 15) is 4.79 Å². The summed E-state index contributed by atoms with van der Waals surface area (Å²) in [6.07, 6.45) is 7.47. The molecule has 2 aliphatic carbocycles. The van der Waals surface area contributed by atoms with Gasteiger partial charge in [0.2, 0.25) is 0 Å². The normalized spacial score (nSPS) is 23.6. The Bertz CT molecular complexity index is 1330. The van der Waals surface area contributed by atoms with Gasteiger partial charge in [-0.1, -0.05) is 55.3 Å². The fourth-order valence-corrected chi connectivity index (χ4v) is 7.48. The van der Waals surface area contributed by atoms with Crippen molar-refractivity contribution >= 4 is 17.5 Å². The van der Waals surface area contributed by atoms with Gasteiger partial charge < -0.3 is 24.4 Å². The molecule has 1 amide bonds. The molecule has 6 heteroatoms. The summed E-state index contributed by atoms with van der Waals surface area (Å²) in [5, 5.41) is 3.56. The van der Waals surface area contributed by atoms with Crippen LogP contribution in [0.5, 0.6) is 11.5 Å². The van der Waals surface area contributed by atoms with Crippen LogP contribution >= 0.6 is 0 Å². The molecular weight excluding hydrogens is 488 g/mol. The van der Waals surface area contributed by atoms with Crippen molar-refractivity contribution in [1.29, 1.82) is 0 Å². The fourth-order valence-electron chi connectivity index (χ4n) is 7.48. The van der Waals surface area contributed by atoms with Crippen LogP contribution < -0.4 is 14.8 Å². The third-order valence-corrected chi connectivity index (χ3v) is 9.19. The third kappa shape index (κ3) is 4.70. The molecule has 1 heterocycles. The zero-order valence-electron chi connectivity index (χ0n) is 22.9. The van der Waals surface area contributed by atoms with E-state index < -0.39 is 0 Å². The number of nitrogens with zero attached hydrogens (tertiary/aromatic N) is 1. The van der Waals surface area contributed by atoms with Gasteiger partial charge in [-0.2, -0.15) is 0 Å². The average Bonchev–Trinajstić information content (AvgIpc) is 3.10. The molecular formula is C33H38N2O4. The summed E-state index contributed by atoms with van der Waals surface area (Å²) < 4.78 is 17.4. The zero-order valence-corrected chi connectivity index (χ0v) is 22.9. The highest BCUT2D eigenvalue weighted by Crippen LogP contribution is 2.56. The van der Waals surface area contributed by atoms with Gasteiger partial charge in [-0.25, -0.2) is 4.79 Å². The Morgan fingerprint density at radius 2 is 1.69 bits per heavy atom. The van der Waals surface area contributed by atoms with Crippen LogP contribution in [-0.4, -0.2) is 37.8 Å². The van der Waals surface area contributed by atoms with Crippen LogP contribution in [0.15, 0.2) is 66.7 Å². The average molecular weight is 527 g/mol. The number of anilines is 2. The maximum absolute atomic E-state index is 13.5. The van der Waals surface area contributed by atoms with Crippen molar-refractivity contribution in [3.8, 4) is 11.5 Å². The first-order valence-electron chi connectivity index (χ1n) is 14.2. The van der Waals surface area contributed by atoms with Crippen molar-refractivity contribution in [2.75, 3.05) is 26.1 Å². The number of likely N-dealkylation sites (tertiary alicyclic amines) is 1. The van der Waals surface area contributed by atoms with Crippen LogP contribution in [0.4, 0.5) is 16.2 Å². The molecule has 39 heavy (non-hydrogen) atoms. The van der Waals surface area contributed by atoms with Crippen LogP contribution in [-0.2, 0) is 23.2 Å². The van der Waals surface area contributed by atoms with Crippen LogP contribution in [0.2, 0.25) is 0 Å². The summed E-state index contributed by atoms with van der Waals surface area (Å²) in [4.78, 5) is 15.6. The molecule has 2 bridgehead atoms. The first-order valence-corrected chi connectivity index (χ1v) is 14.2. The Morgan fingerprint density at radius 1 is 0.923 bits per heavy atom. The molecule has 6 rings (SSSR count). The highest BCUT2D eigenvalue weighted by Gasteiger charge is 2.53. The summed E-state index contributed by atoms with van der Waals surface area (Å²) in [6, 6.07) is 22.5. The predicted octanol–water partition coefficient (Wildman–Crippen LogP) is 7.23. The van der Waals surface area contributed by atoms with E-state index >= 15 is 0 Å². The molecule has 3 aliphatic rings. The van der Waals surface area contributed by atoms with Crippen LogP contribution in [0, 0.1) is 5.92 Å². The van der Waals surface area contributed by atoms with Gasteiger partial charge in [-0.15, -0.1) is 0 Å². The van der Waals surface area contributed by atoms with Crippen LogP contribution in [0.25, 0.3) is 0 Å². The Morgan fingerprint density at radius 3 is 2.51 bits per heavy atom. The van der Waals surface area contributed by atoms with E-state index in [2.05, 4.69) is 22.3 Å². The molecule has 0 spiro atoms. The molecule has 1 saturated heterocycles. The molecule has 6 nitrogen and oxygen atoms in total. The summed E-state index contributed by atoms with van der Waals surface area (Å²) >= 11 is 0. The number of ether oxygens (including phenoxy) is 3. The summed E-state index contributed by atoms with van der Waals surface area (Å²) in [6.45, 7) is 1.05. The number of rotatable bonds is 6. The number of carbonyl (C=O) groups excluding carboxylic acids is 1. The molecule has 1 aliphatic heterocycles. The maximum Gasteiger partial charge on any atom is 0.410 e. The summed E-state index contributed by atoms with van der Waals surface area (Å²) in [7, 11) is 3.43. The Kier molecular flexibility index (Phi) is 7.11. The largest absolute Gasteiger partial charge is 0.495 e. The van der Waals surface area contributed by atoms with Crippen molar-refractivity contribution < 1.29 is 19.0 Å². The Balaban J connectivity index is 1.35. The van der Waals surface area contributed by atoms with Crippen molar-refractivity contribution in [1.82, 2.24) is 4.90 Å². The SMILES string of the molecule is COc1ccccc1Nc1cc2c(cc1OC)[C@]13CCCCC1[C@H](C2)N(C(=O)OCc1ccccc1)CCC3. The van der Waals surface area contributed by atoms with E-state index in [0.717, 1.165) is 67.1 Å². The van der Waals surface area contributed by atoms with Crippen molar-refractivity contribution in [3.63, 3.8) is 0 Å². The number of carbonyl (C=O) groups is 1. The van der Waals surface area contributed by atoms with E-state index in [0.29, 0.717) is 12.5 Å². The molecule has 3 aromatic rings. The number of benzene rings is 3. The molecule has 1 N–H and O–H groups in total. The van der Waals surface area contributed by atoms with Gasteiger partial charge in [0.05, 0.1) is 25.6 Å². The van der Waals surface area contributed by atoms with E-state index in [1.54, 1.807) is 14.2 Å². The minimum absolute atomic E-state index is 0.0706. The van der Waals surface area contributed by atoms with E-state index in [-0.39, 0.29) is 17.6 Å². The second-order valence-electron chi connectivity index (χ2n) is 11.2. The minimum Gasteiger partial charge on any atom is -0.495 e. The quantitative estimate of drug-likeness (QED) is 0.367. The second-order valence-corrected chi connectivity index (χ2v) is 11.2. The Labute approximate surface area is 231 Å². The van der Waals surface area contributed by atoms with Gasteiger partial charge in [-0.05, 0) is 79.0 Å². The molecule has 204 valence electrons. The molecule has 0 aromatic heterocycles. The molecule has 1 saturated carbocycles. The zero-order chi connectivity index (χ0) is 26.8. The van der Waals surface area contributed by atoms with Gasteiger partial charge in [-0.3, -0.25) is 0 Å². The van der Waals surface area contributed by atoms with Gasteiger partial charge in [0.1, 0.15) is 18.1 Å². The van der Waals surface area contributed by atoms with E-state index in [1.807, 2.05) is 54.6 Å². The highest BCUT2D eigenvalue weighted by atomic mass is 16.6. The number of para-hydroxylation sites is 2. The van der Waals surface area contributed by atoms with Gasteiger partial charge in [0.15, 0.2) is 0 Å². The molecule has 2 fully saturated rings. The van der Waals surface area contributed by atoms with E-state index in [1.165, 1.54) is 24.0 Å². The topological polar surface area (TPSA) is 60.0 Å². The van der Waals surface area contributed by atoms with E-state index in [4.69, 9.17) is 14.2 Å². The first-order chi connectivity index (χ1) is 19.1. The lowest BCUT2D eigenvalue weighted by Crippen LogP contribution is -2.54. The maximum atomic E-state index is 13.5. The molecule has 0 radical (unpaired) electrons. The summed E-state index contributed by atoms with van der Waals surface area (Å²) in [5.41, 5.74) is 5.62. The summed E-state index contributed by atoms with van der Waals surface area (Å²) in [5.74, 6) is 2.06. The van der Waals surface area contributed by atoms with Gasteiger partial charge in [0.25, 0.3) is 0 Å². The number of methoxy groups -OCH3 is 2. The number of nitrogens with one attached hydrogen (secondary N) is 1. The highest BCUT2D eigenvalue weighted by molar-refractivity contribution is 5.73. The fraction of sp³-hybridized carbons (Fsp3) is 0.424. The molecule has 3 atom stereocenters. The van der Waals surface area contributed by atoms with Crippen LogP contribution in [0.1, 0.15) is 55.2 Å². The predicted molar refractivity (Wildman–Crippen MR) is 153 cm³/mol. The van der Waals surface area contributed by atoms with Crippen LogP contribution in [0.3, 0.4) is 0 Å². The van der Waals surface area contributed by atoms with Crippen molar-refractivity contribution in [2.45, 2.75) is 63.0 Å². The smallest absolute Gasteiger partial charge is 0.410 e. The number of fused-ring (bicyclic) bond motifs is 1. The van der Waals surface area contributed by atoms with Crippen molar-refractivity contribution in [2.24, 2.45) is 5.92 Å². The first kappa shape index (κ1) is 25.6.